The summed E-state index contributed by atoms with van der Waals surface area (Å²) < 4.78 is 5.08. The van der Waals surface area contributed by atoms with Crippen LogP contribution in [0.3, 0.4) is 0 Å². The lowest BCUT2D eigenvalue weighted by Crippen LogP contribution is -2.26. The molecule has 1 fully saturated rings. The summed E-state index contributed by atoms with van der Waals surface area (Å²) in [4.78, 5) is 22.7. The third-order valence-electron chi connectivity index (χ3n) is 3.39. The van der Waals surface area contributed by atoms with Crippen LogP contribution < -0.4 is 5.32 Å². The van der Waals surface area contributed by atoms with Crippen molar-refractivity contribution < 1.29 is 19.1 Å². The molecule has 1 heterocycles. The number of nitrogens with one attached hydrogen (secondary N) is 1. The zero-order valence-corrected chi connectivity index (χ0v) is 9.77. The van der Waals surface area contributed by atoms with Crippen molar-refractivity contribution in [3.05, 3.63) is 24.2 Å². The molecule has 2 unspecified atom stereocenters. The van der Waals surface area contributed by atoms with Gasteiger partial charge in [-0.2, -0.15) is 0 Å². The van der Waals surface area contributed by atoms with Gasteiger partial charge in [-0.3, -0.25) is 9.59 Å². The summed E-state index contributed by atoms with van der Waals surface area (Å²) in [6, 6.07) is 3.50. The van der Waals surface area contributed by atoms with Crippen LogP contribution in [0.5, 0.6) is 0 Å². The maximum atomic E-state index is 11.8. The molecular formula is C12H15NO4. The highest BCUT2D eigenvalue weighted by Crippen LogP contribution is 2.58. The van der Waals surface area contributed by atoms with Crippen molar-refractivity contribution in [1.29, 1.82) is 0 Å². The van der Waals surface area contributed by atoms with Crippen LogP contribution in [0.2, 0.25) is 0 Å². The van der Waals surface area contributed by atoms with Gasteiger partial charge in [0.25, 0.3) is 0 Å². The van der Waals surface area contributed by atoms with E-state index < -0.39 is 23.2 Å². The van der Waals surface area contributed by atoms with Gasteiger partial charge in [-0.05, 0) is 17.5 Å². The van der Waals surface area contributed by atoms with Gasteiger partial charge in [-0.15, -0.1) is 0 Å². The summed E-state index contributed by atoms with van der Waals surface area (Å²) in [6.07, 6.45) is 1.53. The molecule has 1 saturated carbocycles. The molecule has 17 heavy (non-hydrogen) atoms. The Kier molecular flexibility index (Phi) is 2.69. The highest BCUT2D eigenvalue weighted by Gasteiger charge is 2.65. The molecule has 2 atom stereocenters. The molecule has 1 amide bonds. The van der Waals surface area contributed by atoms with E-state index in [1.807, 2.05) is 0 Å². The average Bonchev–Trinajstić information content (AvgIpc) is 2.65. The molecule has 1 aliphatic rings. The third kappa shape index (κ3) is 2.05. The van der Waals surface area contributed by atoms with Crippen molar-refractivity contribution in [2.45, 2.75) is 20.4 Å². The average molecular weight is 237 g/mol. The summed E-state index contributed by atoms with van der Waals surface area (Å²) >= 11 is 0. The van der Waals surface area contributed by atoms with Crippen molar-refractivity contribution in [3.8, 4) is 0 Å². The minimum Gasteiger partial charge on any atom is -0.481 e. The molecule has 2 N–H and O–H groups in total. The first-order valence-electron chi connectivity index (χ1n) is 5.47. The number of carbonyl (C=O) groups excluding carboxylic acids is 1. The quantitative estimate of drug-likeness (QED) is 0.826. The van der Waals surface area contributed by atoms with Crippen LogP contribution in [0.4, 0.5) is 0 Å². The normalized spacial score (nSPS) is 25.3. The lowest BCUT2D eigenvalue weighted by atomic mass is 10.1. The first-order valence-corrected chi connectivity index (χ1v) is 5.47. The van der Waals surface area contributed by atoms with Gasteiger partial charge >= 0.3 is 5.97 Å². The summed E-state index contributed by atoms with van der Waals surface area (Å²) in [6.45, 7) is 3.89. The molecule has 0 radical (unpaired) electrons. The van der Waals surface area contributed by atoms with Crippen LogP contribution in [-0.4, -0.2) is 17.0 Å². The van der Waals surface area contributed by atoms with Crippen LogP contribution in [-0.2, 0) is 16.1 Å². The number of aliphatic carboxylic acids is 1. The summed E-state index contributed by atoms with van der Waals surface area (Å²) in [5.41, 5.74) is -0.459. The molecule has 1 aromatic rings. The lowest BCUT2D eigenvalue weighted by Gasteiger charge is -2.03. The van der Waals surface area contributed by atoms with E-state index in [-0.39, 0.29) is 5.91 Å². The van der Waals surface area contributed by atoms with E-state index in [4.69, 9.17) is 9.52 Å². The smallest absolute Gasteiger partial charge is 0.307 e. The first kappa shape index (κ1) is 11.7. The minimum atomic E-state index is -0.909. The standard InChI is InChI=1S/C12H15NO4/c1-12(2)8(9(12)11(15)16)10(14)13-6-7-4-3-5-17-7/h3-5,8-9H,6H2,1-2H3,(H,13,14)(H,15,16). The highest BCUT2D eigenvalue weighted by molar-refractivity contribution is 5.91. The number of carboxylic acid groups (broad SMARTS) is 1. The van der Waals surface area contributed by atoms with Crippen LogP contribution in [0.1, 0.15) is 19.6 Å². The number of carbonyl (C=O) groups is 2. The second-order valence-corrected chi connectivity index (χ2v) is 4.91. The number of amides is 1. The second kappa shape index (κ2) is 3.91. The SMILES string of the molecule is CC1(C)C(C(=O)O)C1C(=O)NCc1ccco1. The first-order chi connectivity index (χ1) is 7.94. The fourth-order valence-corrected chi connectivity index (χ4v) is 2.29. The van der Waals surface area contributed by atoms with Gasteiger partial charge in [0, 0.05) is 0 Å². The van der Waals surface area contributed by atoms with Gasteiger partial charge in [0.15, 0.2) is 0 Å². The highest BCUT2D eigenvalue weighted by atomic mass is 16.4. The Morgan fingerprint density at radius 2 is 2.18 bits per heavy atom. The van der Waals surface area contributed by atoms with E-state index in [9.17, 15) is 9.59 Å². The van der Waals surface area contributed by atoms with Gasteiger partial charge in [-0.25, -0.2) is 0 Å². The number of rotatable bonds is 4. The molecular weight excluding hydrogens is 222 g/mol. The molecule has 0 spiro atoms. The monoisotopic (exact) mass is 237 g/mol. The van der Waals surface area contributed by atoms with Gasteiger partial charge in [0.2, 0.25) is 5.91 Å². The predicted octanol–water partition coefficient (Wildman–Crippen LogP) is 1.25. The maximum Gasteiger partial charge on any atom is 0.307 e. The molecule has 0 saturated heterocycles. The largest absolute Gasteiger partial charge is 0.481 e. The summed E-state index contributed by atoms with van der Waals surface area (Å²) in [5.74, 6) is -1.51. The Hall–Kier alpha value is -1.78. The van der Waals surface area contributed by atoms with E-state index in [0.717, 1.165) is 0 Å². The predicted molar refractivity (Wildman–Crippen MR) is 59.0 cm³/mol. The Labute approximate surface area is 98.8 Å². The van der Waals surface area contributed by atoms with Crippen LogP contribution in [0.15, 0.2) is 22.8 Å². The molecule has 5 nitrogen and oxygen atoms in total. The number of furan rings is 1. The van der Waals surface area contributed by atoms with Crippen molar-refractivity contribution in [2.75, 3.05) is 0 Å². The van der Waals surface area contributed by atoms with Gasteiger partial charge in [-0.1, -0.05) is 13.8 Å². The van der Waals surface area contributed by atoms with Crippen LogP contribution >= 0.6 is 0 Å². The lowest BCUT2D eigenvalue weighted by molar-refractivity contribution is -0.140. The molecule has 0 aromatic carbocycles. The van der Waals surface area contributed by atoms with Crippen LogP contribution in [0.25, 0.3) is 0 Å². The molecule has 1 aromatic heterocycles. The molecule has 0 aliphatic heterocycles. The Bertz CT molecular complexity index is 435. The maximum absolute atomic E-state index is 11.8. The van der Waals surface area contributed by atoms with E-state index in [0.29, 0.717) is 12.3 Å². The van der Waals surface area contributed by atoms with E-state index in [2.05, 4.69) is 5.32 Å². The Morgan fingerprint density at radius 1 is 1.47 bits per heavy atom. The second-order valence-electron chi connectivity index (χ2n) is 4.91. The van der Waals surface area contributed by atoms with Crippen LogP contribution in [0, 0.1) is 17.3 Å². The fraction of sp³-hybridized carbons (Fsp3) is 0.500. The summed E-state index contributed by atoms with van der Waals surface area (Å²) in [5, 5.41) is 11.7. The Balaban J connectivity index is 1.92. The van der Waals surface area contributed by atoms with E-state index in [1.165, 1.54) is 6.26 Å². The number of carboxylic acids is 1. The fourth-order valence-electron chi connectivity index (χ4n) is 2.29. The molecule has 5 heteroatoms. The van der Waals surface area contributed by atoms with Gasteiger partial charge in [0.1, 0.15) is 5.76 Å². The molecule has 0 bridgehead atoms. The number of hydrogen-bond donors (Lipinski definition) is 2. The van der Waals surface area contributed by atoms with Crippen molar-refractivity contribution in [2.24, 2.45) is 17.3 Å². The zero-order valence-electron chi connectivity index (χ0n) is 9.77. The van der Waals surface area contributed by atoms with E-state index >= 15 is 0 Å². The molecule has 1 aliphatic carbocycles. The molecule has 92 valence electrons. The van der Waals surface area contributed by atoms with Gasteiger partial charge < -0.3 is 14.8 Å². The molecule has 2 rings (SSSR count). The van der Waals surface area contributed by atoms with Crippen molar-refractivity contribution >= 4 is 11.9 Å². The zero-order chi connectivity index (χ0) is 12.6. The van der Waals surface area contributed by atoms with Crippen molar-refractivity contribution in [3.63, 3.8) is 0 Å². The third-order valence-corrected chi connectivity index (χ3v) is 3.39. The van der Waals surface area contributed by atoms with Gasteiger partial charge in [0.05, 0.1) is 24.6 Å². The summed E-state index contributed by atoms with van der Waals surface area (Å²) in [7, 11) is 0. The van der Waals surface area contributed by atoms with Crippen molar-refractivity contribution in [1.82, 2.24) is 5.32 Å². The topological polar surface area (TPSA) is 79.5 Å². The van der Waals surface area contributed by atoms with E-state index in [1.54, 1.807) is 26.0 Å². The number of hydrogen-bond acceptors (Lipinski definition) is 3. The minimum absolute atomic E-state index is 0.223. The Morgan fingerprint density at radius 3 is 2.65 bits per heavy atom.